The molecule has 0 saturated heterocycles. The number of amides is 1. The fourth-order valence-corrected chi connectivity index (χ4v) is 2.72. The molecule has 25 heavy (non-hydrogen) atoms. The highest BCUT2D eigenvalue weighted by molar-refractivity contribution is 7.89. The molecular formula is C14H15F3N4O3S. The Morgan fingerprint density at radius 2 is 1.92 bits per heavy atom. The van der Waals surface area contributed by atoms with Crippen LogP contribution in [0.3, 0.4) is 0 Å². The molecule has 0 fully saturated rings. The van der Waals surface area contributed by atoms with E-state index in [1.54, 1.807) is 13.8 Å². The average Bonchev–Trinajstić information content (AvgIpc) is 2.73. The van der Waals surface area contributed by atoms with Crippen LogP contribution in [0.2, 0.25) is 0 Å². The van der Waals surface area contributed by atoms with Crippen LogP contribution in [0.25, 0.3) is 5.82 Å². The number of aryl methyl sites for hydroxylation is 1. The van der Waals surface area contributed by atoms with Crippen LogP contribution < -0.4 is 4.72 Å². The number of pyridine rings is 1. The van der Waals surface area contributed by atoms with Crippen LogP contribution in [0.5, 0.6) is 0 Å². The Labute approximate surface area is 141 Å². The Kier molecular flexibility index (Phi) is 4.89. The van der Waals surface area contributed by atoms with Crippen LogP contribution >= 0.6 is 0 Å². The fraction of sp³-hybridized carbons (Fsp3) is 0.357. The molecule has 2 rings (SSSR count). The highest BCUT2D eigenvalue weighted by Gasteiger charge is 2.30. The molecule has 1 N–H and O–H groups in total. The van der Waals surface area contributed by atoms with E-state index in [-0.39, 0.29) is 12.2 Å². The van der Waals surface area contributed by atoms with Crippen molar-refractivity contribution in [3.05, 3.63) is 40.8 Å². The molecule has 7 nitrogen and oxygen atoms in total. The molecule has 2 aromatic rings. The standard InChI is InChI=1S/C14H15F3N4O3S/c1-8-11(6-13(22)20-25(3,23)24)9(2)21(19-8)12-5-4-10(7-18-12)14(15,16)17/h4-5,7H,6H2,1-3H3,(H,20,22). The zero-order chi connectivity index (χ0) is 19.0. The second-order valence-corrected chi connectivity index (χ2v) is 7.19. The number of carbonyl (C=O) groups is 1. The van der Waals surface area contributed by atoms with Crippen molar-refractivity contribution in [3.63, 3.8) is 0 Å². The van der Waals surface area contributed by atoms with Gasteiger partial charge in [0, 0.05) is 17.5 Å². The quantitative estimate of drug-likeness (QED) is 0.873. The van der Waals surface area contributed by atoms with Crippen LogP contribution in [0.4, 0.5) is 13.2 Å². The van der Waals surface area contributed by atoms with Crippen molar-refractivity contribution in [1.82, 2.24) is 19.5 Å². The summed E-state index contributed by atoms with van der Waals surface area (Å²) in [4.78, 5) is 15.5. The van der Waals surface area contributed by atoms with Crippen LogP contribution in [-0.2, 0) is 27.4 Å². The molecule has 0 aliphatic carbocycles. The molecule has 2 heterocycles. The zero-order valence-electron chi connectivity index (χ0n) is 13.5. The van der Waals surface area contributed by atoms with Gasteiger partial charge < -0.3 is 0 Å². The van der Waals surface area contributed by atoms with Gasteiger partial charge >= 0.3 is 6.18 Å². The van der Waals surface area contributed by atoms with E-state index in [0.29, 0.717) is 23.1 Å². The number of rotatable bonds is 4. The van der Waals surface area contributed by atoms with Gasteiger partial charge in [-0.1, -0.05) is 0 Å². The summed E-state index contributed by atoms with van der Waals surface area (Å²) in [6.45, 7) is 3.22. The number of nitrogens with one attached hydrogen (secondary N) is 1. The summed E-state index contributed by atoms with van der Waals surface area (Å²) in [6, 6.07) is 2.05. The zero-order valence-corrected chi connectivity index (χ0v) is 14.4. The second kappa shape index (κ2) is 6.47. The van der Waals surface area contributed by atoms with E-state index < -0.39 is 27.7 Å². The molecule has 0 radical (unpaired) electrons. The summed E-state index contributed by atoms with van der Waals surface area (Å²) in [5.41, 5.74) is 0.518. The first-order valence-corrected chi connectivity index (χ1v) is 8.87. The van der Waals surface area contributed by atoms with Gasteiger partial charge in [0.25, 0.3) is 0 Å². The Balaban J connectivity index is 2.31. The predicted octanol–water partition coefficient (Wildman–Crippen LogP) is 1.52. The van der Waals surface area contributed by atoms with Gasteiger partial charge in [0.05, 0.1) is 23.9 Å². The number of nitrogens with zero attached hydrogens (tertiary/aromatic N) is 3. The minimum atomic E-state index is -4.49. The van der Waals surface area contributed by atoms with E-state index in [2.05, 4.69) is 10.1 Å². The van der Waals surface area contributed by atoms with E-state index in [4.69, 9.17) is 0 Å². The minimum Gasteiger partial charge on any atom is -0.274 e. The molecule has 136 valence electrons. The molecule has 0 aromatic carbocycles. The number of alkyl halides is 3. The van der Waals surface area contributed by atoms with E-state index in [1.165, 1.54) is 10.7 Å². The third kappa shape index (κ3) is 4.56. The van der Waals surface area contributed by atoms with Crippen molar-refractivity contribution in [2.75, 3.05) is 6.26 Å². The molecule has 0 spiro atoms. The normalized spacial score (nSPS) is 12.2. The van der Waals surface area contributed by atoms with Crippen molar-refractivity contribution in [1.29, 1.82) is 0 Å². The SMILES string of the molecule is Cc1nn(-c2ccc(C(F)(F)F)cn2)c(C)c1CC(=O)NS(C)(=O)=O. The molecule has 0 unspecified atom stereocenters. The first-order valence-electron chi connectivity index (χ1n) is 6.98. The van der Waals surface area contributed by atoms with Crippen LogP contribution in [0, 0.1) is 13.8 Å². The lowest BCUT2D eigenvalue weighted by Gasteiger charge is -2.08. The van der Waals surface area contributed by atoms with E-state index in [9.17, 15) is 26.4 Å². The molecule has 1 amide bonds. The first kappa shape index (κ1) is 18.9. The Morgan fingerprint density at radius 1 is 1.28 bits per heavy atom. The monoisotopic (exact) mass is 376 g/mol. The predicted molar refractivity (Wildman–Crippen MR) is 82.5 cm³/mol. The second-order valence-electron chi connectivity index (χ2n) is 5.44. The number of aromatic nitrogens is 3. The minimum absolute atomic E-state index is 0.156. The lowest BCUT2D eigenvalue weighted by molar-refractivity contribution is -0.137. The van der Waals surface area contributed by atoms with Gasteiger partial charge in [0.1, 0.15) is 0 Å². The Morgan fingerprint density at radius 3 is 2.40 bits per heavy atom. The summed E-state index contributed by atoms with van der Waals surface area (Å²) in [6.07, 6.45) is -3.16. The average molecular weight is 376 g/mol. The fourth-order valence-electron chi connectivity index (χ4n) is 2.24. The highest BCUT2D eigenvalue weighted by Crippen LogP contribution is 2.29. The van der Waals surface area contributed by atoms with Crippen molar-refractivity contribution in [2.24, 2.45) is 0 Å². The molecule has 0 saturated carbocycles. The van der Waals surface area contributed by atoms with Gasteiger partial charge in [-0.25, -0.2) is 18.1 Å². The maximum Gasteiger partial charge on any atom is 0.417 e. The van der Waals surface area contributed by atoms with Crippen molar-refractivity contribution < 1.29 is 26.4 Å². The molecule has 0 aliphatic rings. The lowest BCUT2D eigenvalue weighted by Crippen LogP contribution is -2.30. The van der Waals surface area contributed by atoms with Gasteiger partial charge in [0.15, 0.2) is 5.82 Å². The van der Waals surface area contributed by atoms with Gasteiger partial charge in [0.2, 0.25) is 15.9 Å². The largest absolute Gasteiger partial charge is 0.417 e. The summed E-state index contributed by atoms with van der Waals surface area (Å²) in [5, 5.41) is 4.17. The summed E-state index contributed by atoms with van der Waals surface area (Å²) in [5.74, 6) is -0.572. The molecule has 0 aliphatic heterocycles. The van der Waals surface area contributed by atoms with Crippen molar-refractivity contribution >= 4 is 15.9 Å². The number of sulfonamides is 1. The topological polar surface area (TPSA) is 93.9 Å². The lowest BCUT2D eigenvalue weighted by atomic mass is 10.1. The first-order chi connectivity index (χ1) is 11.4. The molecule has 0 atom stereocenters. The smallest absolute Gasteiger partial charge is 0.274 e. The maximum atomic E-state index is 12.6. The summed E-state index contributed by atoms with van der Waals surface area (Å²) >= 11 is 0. The number of halogens is 3. The number of hydrogen-bond donors (Lipinski definition) is 1. The third-order valence-corrected chi connectivity index (χ3v) is 3.97. The van der Waals surface area contributed by atoms with E-state index >= 15 is 0 Å². The van der Waals surface area contributed by atoms with Crippen LogP contribution in [-0.4, -0.2) is 35.3 Å². The van der Waals surface area contributed by atoms with Crippen LogP contribution in [0.15, 0.2) is 18.3 Å². The molecular weight excluding hydrogens is 361 g/mol. The maximum absolute atomic E-state index is 12.6. The molecule has 0 bridgehead atoms. The van der Waals surface area contributed by atoms with Crippen molar-refractivity contribution in [3.8, 4) is 5.82 Å². The Hall–Kier alpha value is -2.43. The van der Waals surface area contributed by atoms with Crippen LogP contribution in [0.1, 0.15) is 22.5 Å². The van der Waals surface area contributed by atoms with Gasteiger partial charge in [-0.3, -0.25) is 9.52 Å². The summed E-state index contributed by atoms with van der Waals surface area (Å²) in [7, 11) is -3.68. The number of carbonyl (C=O) groups excluding carboxylic acids is 1. The van der Waals surface area contributed by atoms with E-state index in [0.717, 1.165) is 12.3 Å². The van der Waals surface area contributed by atoms with Crippen molar-refractivity contribution in [2.45, 2.75) is 26.4 Å². The van der Waals surface area contributed by atoms with Gasteiger partial charge in [-0.15, -0.1) is 0 Å². The summed E-state index contributed by atoms with van der Waals surface area (Å²) < 4.78 is 63.1. The molecule has 2 aromatic heterocycles. The highest BCUT2D eigenvalue weighted by atomic mass is 32.2. The Bertz CT molecular complexity index is 903. The number of hydrogen-bond acceptors (Lipinski definition) is 5. The van der Waals surface area contributed by atoms with Gasteiger partial charge in [-0.2, -0.15) is 18.3 Å². The van der Waals surface area contributed by atoms with Gasteiger partial charge in [-0.05, 0) is 26.0 Å². The third-order valence-electron chi connectivity index (χ3n) is 3.37. The van der Waals surface area contributed by atoms with E-state index in [1.807, 2.05) is 4.72 Å². The molecule has 11 heteroatoms.